The minimum Gasteiger partial charge on any atom is -0.351 e. The second-order valence-electron chi connectivity index (χ2n) is 8.54. The van der Waals surface area contributed by atoms with E-state index in [1.165, 1.54) is 56.5 Å². The van der Waals surface area contributed by atoms with E-state index in [9.17, 15) is 9.59 Å². The Labute approximate surface area is 168 Å². The molecule has 0 unspecified atom stereocenters. The third kappa shape index (κ3) is 2.99. The van der Waals surface area contributed by atoms with Crippen molar-refractivity contribution >= 4 is 27.5 Å². The normalized spacial score (nSPS) is 24.9. The minimum atomic E-state index is -0.0435. The van der Waals surface area contributed by atoms with Crippen LogP contribution in [0.1, 0.15) is 59.6 Å². The van der Waals surface area contributed by atoms with Gasteiger partial charge in [-0.25, -0.2) is 4.98 Å². The van der Waals surface area contributed by atoms with E-state index in [1.54, 1.807) is 4.57 Å². The molecule has 0 aliphatic carbocycles. The van der Waals surface area contributed by atoms with Crippen LogP contribution in [0.5, 0.6) is 0 Å². The van der Waals surface area contributed by atoms with Gasteiger partial charge in [-0.05, 0) is 63.6 Å². The summed E-state index contributed by atoms with van der Waals surface area (Å²) in [6.07, 6.45) is 8.13. The van der Waals surface area contributed by atoms with Crippen LogP contribution < -0.4 is 10.9 Å². The smallest absolute Gasteiger partial charge is 0.262 e. The van der Waals surface area contributed by atoms with E-state index in [-0.39, 0.29) is 11.5 Å². The van der Waals surface area contributed by atoms with E-state index in [1.807, 2.05) is 6.92 Å². The molecule has 150 valence electrons. The monoisotopic (exact) mass is 400 g/mol. The first-order valence-corrected chi connectivity index (χ1v) is 11.5. The molecule has 2 aromatic rings. The molecule has 0 bridgehead atoms. The number of carbonyl (C=O) groups excluding carboxylic acids is 1. The van der Waals surface area contributed by atoms with Crippen molar-refractivity contribution in [2.45, 2.75) is 64.5 Å². The van der Waals surface area contributed by atoms with Crippen molar-refractivity contribution in [1.82, 2.24) is 19.8 Å². The Morgan fingerprint density at radius 3 is 2.93 bits per heavy atom. The van der Waals surface area contributed by atoms with E-state index in [2.05, 4.69) is 15.2 Å². The van der Waals surface area contributed by atoms with Gasteiger partial charge in [-0.2, -0.15) is 0 Å². The van der Waals surface area contributed by atoms with Crippen molar-refractivity contribution in [2.24, 2.45) is 5.92 Å². The molecule has 0 radical (unpaired) electrons. The molecule has 6 nitrogen and oxygen atoms in total. The first-order chi connectivity index (χ1) is 13.6. The maximum absolute atomic E-state index is 13.0. The van der Waals surface area contributed by atoms with Gasteiger partial charge in [0.1, 0.15) is 10.7 Å². The van der Waals surface area contributed by atoms with Gasteiger partial charge >= 0.3 is 0 Å². The number of fused-ring (bicyclic) bond motifs is 3. The van der Waals surface area contributed by atoms with E-state index in [0.29, 0.717) is 22.2 Å². The van der Waals surface area contributed by atoms with Crippen molar-refractivity contribution in [2.75, 3.05) is 19.6 Å². The van der Waals surface area contributed by atoms with Gasteiger partial charge in [-0.15, -0.1) is 11.3 Å². The average Bonchev–Trinajstić information content (AvgIpc) is 3.31. The molecule has 5 heterocycles. The summed E-state index contributed by atoms with van der Waals surface area (Å²) in [5.74, 6) is 1.36. The molecule has 3 aliphatic heterocycles. The topological polar surface area (TPSA) is 67.2 Å². The van der Waals surface area contributed by atoms with Gasteiger partial charge in [0.2, 0.25) is 0 Å². The predicted octanol–water partition coefficient (Wildman–Crippen LogP) is 2.71. The second-order valence-corrected chi connectivity index (χ2v) is 9.54. The highest BCUT2D eigenvalue weighted by molar-refractivity contribution is 7.20. The number of aryl methyl sites for hydroxylation is 2. The molecule has 1 N–H and O–H groups in total. The molecule has 2 fully saturated rings. The maximum Gasteiger partial charge on any atom is 0.262 e. The Hall–Kier alpha value is -1.73. The molecule has 2 saturated heterocycles. The van der Waals surface area contributed by atoms with Crippen molar-refractivity contribution in [3.8, 4) is 0 Å². The van der Waals surface area contributed by atoms with E-state index in [4.69, 9.17) is 0 Å². The van der Waals surface area contributed by atoms with Crippen LogP contribution in [0.25, 0.3) is 10.2 Å². The molecule has 2 aromatic heterocycles. The fraction of sp³-hybridized carbons (Fsp3) is 0.667. The van der Waals surface area contributed by atoms with Gasteiger partial charge < -0.3 is 10.2 Å². The predicted molar refractivity (Wildman–Crippen MR) is 111 cm³/mol. The van der Waals surface area contributed by atoms with Crippen LogP contribution >= 0.6 is 11.3 Å². The quantitative estimate of drug-likeness (QED) is 0.860. The molecule has 1 amide bonds. The standard InChI is InChI=1S/C21H28N4O2S/c1-13-17-20(23-16-8-5-11-25(16)21(17)27)28-18(13)19(26)22-12-14-6-4-10-24-9-3-2-7-15(14)24/h14-15H,2-12H2,1H3,(H,22,26)/t14-,15+/m0/s1. The van der Waals surface area contributed by atoms with Crippen molar-refractivity contribution in [3.63, 3.8) is 0 Å². The Bertz CT molecular complexity index is 977. The summed E-state index contributed by atoms with van der Waals surface area (Å²) >= 11 is 1.37. The van der Waals surface area contributed by atoms with Crippen LogP contribution in [0.2, 0.25) is 0 Å². The lowest BCUT2D eigenvalue weighted by Gasteiger charge is -2.44. The van der Waals surface area contributed by atoms with Gasteiger partial charge in [-0.1, -0.05) is 6.42 Å². The maximum atomic E-state index is 13.0. The highest BCUT2D eigenvalue weighted by atomic mass is 32.1. The molecular formula is C21H28N4O2S. The van der Waals surface area contributed by atoms with Gasteiger partial charge in [0, 0.05) is 25.6 Å². The summed E-state index contributed by atoms with van der Waals surface area (Å²) in [7, 11) is 0. The lowest BCUT2D eigenvalue weighted by molar-refractivity contribution is 0.0576. The molecule has 0 saturated carbocycles. The number of carbonyl (C=O) groups is 1. The Morgan fingerprint density at radius 2 is 2.04 bits per heavy atom. The van der Waals surface area contributed by atoms with Crippen LogP contribution in [0.15, 0.2) is 4.79 Å². The molecule has 7 heteroatoms. The van der Waals surface area contributed by atoms with Crippen LogP contribution in [0.3, 0.4) is 0 Å². The number of rotatable bonds is 3. The Morgan fingerprint density at radius 1 is 1.18 bits per heavy atom. The summed E-state index contributed by atoms with van der Waals surface area (Å²) < 4.78 is 1.78. The largest absolute Gasteiger partial charge is 0.351 e. The van der Waals surface area contributed by atoms with Crippen molar-refractivity contribution in [3.05, 3.63) is 26.6 Å². The summed E-state index contributed by atoms with van der Waals surface area (Å²) in [5.41, 5.74) is 0.815. The molecule has 0 aromatic carbocycles. The highest BCUT2D eigenvalue weighted by Crippen LogP contribution is 2.31. The first kappa shape index (κ1) is 18.3. The summed E-state index contributed by atoms with van der Waals surface area (Å²) in [6, 6.07) is 0.626. The van der Waals surface area contributed by atoms with Gasteiger partial charge in [-0.3, -0.25) is 14.2 Å². The number of aromatic nitrogens is 2. The first-order valence-electron chi connectivity index (χ1n) is 10.7. The Balaban J connectivity index is 1.36. The molecule has 0 spiro atoms. The van der Waals surface area contributed by atoms with Gasteiger partial charge in [0.15, 0.2) is 0 Å². The molecular weight excluding hydrogens is 372 g/mol. The van der Waals surface area contributed by atoms with E-state index in [0.717, 1.165) is 42.1 Å². The van der Waals surface area contributed by atoms with Crippen LogP contribution in [-0.2, 0) is 13.0 Å². The summed E-state index contributed by atoms with van der Waals surface area (Å²) in [5, 5.41) is 3.82. The molecule has 3 aliphatic rings. The lowest BCUT2D eigenvalue weighted by Crippen LogP contribution is -2.50. The fourth-order valence-electron chi connectivity index (χ4n) is 5.41. The second kappa shape index (κ2) is 7.26. The summed E-state index contributed by atoms with van der Waals surface area (Å²) in [4.78, 5) is 34.5. The minimum absolute atomic E-state index is 0.0235. The third-order valence-electron chi connectivity index (χ3n) is 6.87. The number of hydrogen-bond donors (Lipinski definition) is 1. The molecule has 5 rings (SSSR count). The number of nitrogens with zero attached hydrogens (tertiary/aromatic N) is 3. The zero-order valence-electron chi connectivity index (χ0n) is 16.5. The number of amides is 1. The SMILES string of the molecule is Cc1c(C(=O)NC[C@@H]2CCCN3CCCC[C@H]23)sc2nc3n(c(=O)c12)CCC3. The van der Waals surface area contributed by atoms with Crippen LogP contribution in [0, 0.1) is 12.8 Å². The van der Waals surface area contributed by atoms with Crippen LogP contribution in [-0.4, -0.2) is 46.0 Å². The molecule has 2 atom stereocenters. The van der Waals surface area contributed by atoms with E-state index >= 15 is 0 Å². The van der Waals surface area contributed by atoms with Crippen molar-refractivity contribution in [1.29, 1.82) is 0 Å². The van der Waals surface area contributed by atoms with Crippen molar-refractivity contribution < 1.29 is 4.79 Å². The van der Waals surface area contributed by atoms with E-state index < -0.39 is 0 Å². The highest BCUT2D eigenvalue weighted by Gasteiger charge is 2.33. The number of hydrogen-bond acceptors (Lipinski definition) is 5. The lowest BCUT2D eigenvalue weighted by atomic mass is 9.83. The zero-order valence-corrected chi connectivity index (χ0v) is 17.3. The average molecular weight is 401 g/mol. The molecule has 28 heavy (non-hydrogen) atoms. The summed E-state index contributed by atoms with van der Waals surface area (Å²) in [6.45, 7) is 5.79. The van der Waals surface area contributed by atoms with Gasteiger partial charge in [0.05, 0.1) is 10.3 Å². The number of piperidine rings is 2. The Kier molecular flexibility index (Phi) is 4.75. The fourth-order valence-corrected chi connectivity index (χ4v) is 6.52. The van der Waals surface area contributed by atoms with Gasteiger partial charge in [0.25, 0.3) is 11.5 Å². The third-order valence-corrected chi connectivity index (χ3v) is 8.06. The van der Waals surface area contributed by atoms with Crippen LogP contribution in [0.4, 0.5) is 0 Å². The number of nitrogens with one attached hydrogen (secondary N) is 1. The zero-order chi connectivity index (χ0) is 19.3. The number of thiophene rings is 1.